The molecule has 2 aromatic rings. The fraction of sp³-hybridized carbons (Fsp3) is 0.438. The minimum absolute atomic E-state index is 0.0181. The number of nitrogens with one attached hydrogen (secondary N) is 1. The highest BCUT2D eigenvalue weighted by atomic mass is 32.2. The third-order valence-electron chi connectivity index (χ3n) is 4.26. The number of fused-ring (bicyclic) bond motifs is 1. The monoisotopic (exact) mass is 370 g/mol. The highest BCUT2D eigenvalue weighted by Crippen LogP contribution is 2.22. The quantitative estimate of drug-likeness (QED) is 0.840. The maximum Gasteiger partial charge on any atom is 0.211 e. The maximum atomic E-state index is 13.4. The second-order valence-electron chi connectivity index (χ2n) is 6.09. The Hall–Kier alpha value is -1.84. The molecule has 0 amide bonds. The lowest BCUT2D eigenvalue weighted by Gasteiger charge is -2.34. The SMILES string of the molecule is CCS(=O)(=O)NCC1CN(Cc2ccc(F)c(F)c2)Cc2ccnn21. The number of aromatic nitrogens is 2. The first-order valence-corrected chi connectivity index (χ1v) is 9.69. The summed E-state index contributed by atoms with van der Waals surface area (Å²) in [4.78, 5) is 2.06. The Morgan fingerprint density at radius 2 is 2.08 bits per heavy atom. The van der Waals surface area contributed by atoms with Crippen LogP contribution in [0.3, 0.4) is 0 Å². The van der Waals surface area contributed by atoms with Crippen molar-refractivity contribution in [3.8, 4) is 0 Å². The molecule has 9 heteroatoms. The number of nitrogens with zero attached hydrogens (tertiary/aromatic N) is 3. The fourth-order valence-electron chi connectivity index (χ4n) is 2.96. The summed E-state index contributed by atoms with van der Waals surface area (Å²) in [5.74, 6) is -1.72. The molecule has 2 heterocycles. The lowest BCUT2D eigenvalue weighted by Crippen LogP contribution is -2.42. The summed E-state index contributed by atoms with van der Waals surface area (Å²) in [6.45, 7) is 3.42. The van der Waals surface area contributed by atoms with Gasteiger partial charge in [0.1, 0.15) is 0 Å². The largest absolute Gasteiger partial charge is 0.291 e. The van der Waals surface area contributed by atoms with Crippen molar-refractivity contribution in [3.05, 3.63) is 53.4 Å². The second-order valence-corrected chi connectivity index (χ2v) is 8.19. The fourth-order valence-corrected chi connectivity index (χ4v) is 3.61. The van der Waals surface area contributed by atoms with Gasteiger partial charge in [0.15, 0.2) is 11.6 Å². The topological polar surface area (TPSA) is 67.2 Å². The van der Waals surface area contributed by atoms with Crippen LogP contribution in [0.15, 0.2) is 30.5 Å². The standard InChI is InChI=1S/C16H20F2N4O2S/c1-2-25(23,24)20-8-14-11-21(10-13-5-6-19-22(13)14)9-12-3-4-15(17)16(18)7-12/h3-7,14,20H,2,8-11H2,1H3. The van der Waals surface area contributed by atoms with E-state index in [0.29, 0.717) is 25.2 Å². The van der Waals surface area contributed by atoms with Crippen molar-refractivity contribution >= 4 is 10.0 Å². The van der Waals surface area contributed by atoms with E-state index in [1.54, 1.807) is 19.2 Å². The zero-order valence-corrected chi connectivity index (χ0v) is 14.6. The predicted molar refractivity (Wildman–Crippen MR) is 89.2 cm³/mol. The summed E-state index contributed by atoms with van der Waals surface area (Å²) in [6, 6.07) is 5.57. The van der Waals surface area contributed by atoms with E-state index in [0.717, 1.165) is 11.8 Å². The molecule has 1 aliphatic heterocycles. The molecule has 0 saturated heterocycles. The predicted octanol–water partition coefficient (Wildman–Crippen LogP) is 1.66. The van der Waals surface area contributed by atoms with E-state index < -0.39 is 21.7 Å². The van der Waals surface area contributed by atoms with Gasteiger partial charge >= 0.3 is 0 Å². The molecular weight excluding hydrogens is 350 g/mol. The van der Waals surface area contributed by atoms with Crippen LogP contribution in [0.2, 0.25) is 0 Å². The van der Waals surface area contributed by atoms with Crippen molar-refractivity contribution in [3.63, 3.8) is 0 Å². The number of hydrogen-bond acceptors (Lipinski definition) is 4. The highest BCUT2D eigenvalue weighted by molar-refractivity contribution is 7.89. The van der Waals surface area contributed by atoms with Crippen LogP contribution in [-0.2, 0) is 23.1 Å². The molecule has 1 aromatic carbocycles. The maximum absolute atomic E-state index is 13.4. The van der Waals surface area contributed by atoms with E-state index in [1.807, 2.05) is 10.7 Å². The number of rotatable bonds is 6. The Labute approximate surface area is 145 Å². The smallest absolute Gasteiger partial charge is 0.211 e. The average Bonchev–Trinajstić information content (AvgIpc) is 3.05. The first-order chi connectivity index (χ1) is 11.9. The summed E-state index contributed by atoms with van der Waals surface area (Å²) >= 11 is 0. The van der Waals surface area contributed by atoms with E-state index >= 15 is 0 Å². The normalized spacial score (nSPS) is 18.3. The Kier molecular flexibility index (Phi) is 5.16. The van der Waals surface area contributed by atoms with Gasteiger partial charge in [-0.2, -0.15) is 5.10 Å². The summed E-state index contributed by atoms with van der Waals surface area (Å²) in [6.07, 6.45) is 1.68. The van der Waals surface area contributed by atoms with Gasteiger partial charge in [-0.15, -0.1) is 0 Å². The van der Waals surface area contributed by atoms with Crippen LogP contribution in [0.4, 0.5) is 8.78 Å². The van der Waals surface area contributed by atoms with Gasteiger partial charge in [-0.3, -0.25) is 9.58 Å². The Morgan fingerprint density at radius 3 is 2.80 bits per heavy atom. The van der Waals surface area contributed by atoms with E-state index in [1.165, 1.54) is 6.07 Å². The molecule has 0 spiro atoms. The highest BCUT2D eigenvalue weighted by Gasteiger charge is 2.26. The minimum atomic E-state index is -3.29. The number of halogens is 2. The van der Waals surface area contributed by atoms with E-state index in [9.17, 15) is 17.2 Å². The molecule has 3 rings (SSSR count). The molecule has 0 aliphatic carbocycles. The van der Waals surface area contributed by atoms with Crippen LogP contribution in [0.25, 0.3) is 0 Å². The van der Waals surface area contributed by atoms with Crippen molar-refractivity contribution in [1.29, 1.82) is 0 Å². The van der Waals surface area contributed by atoms with Gasteiger partial charge in [0.05, 0.1) is 17.5 Å². The molecule has 0 bridgehead atoms. The molecule has 25 heavy (non-hydrogen) atoms. The van der Waals surface area contributed by atoms with Crippen LogP contribution in [0, 0.1) is 11.6 Å². The van der Waals surface area contributed by atoms with E-state index in [4.69, 9.17) is 0 Å². The second kappa shape index (κ2) is 7.19. The van der Waals surface area contributed by atoms with Crippen LogP contribution in [0.5, 0.6) is 0 Å². The van der Waals surface area contributed by atoms with Crippen LogP contribution >= 0.6 is 0 Å². The Balaban J connectivity index is 1.74. The third kappa shape index (κ3) is 4.23. The zero-order valence-electron chi connectivity index (χ0n) is 13.8. The average molecular weight is 370 g/mol. The molecule has 1 aliphatic rings. The number of benzene rings is 1. The van der Waals surface area contributed by atoms with Gasteiger partial charge in [-0.05, 0) is 30.7 Å². The molecular formula is C16H20F2N4O2S. The summed E-state index contributed by atoms with van der Waals surface area (Å²) in [5, 5.41) is 4.28. The molecule has 0 radical (unpaired) electrons. The van der Waals surface area contributed by atoms with Crippen LogP contribution < -0.4 is 4.72 Å². The van der Waals surface area contributed by atoms with Crippen LogP contribution in [-0.4, -0.2) is 41.9 Å². The first-order valence-electron chi connectivity index (χ1n) is 8.04. The number of hydrogen-bond donors (Lipinski definition) is 1. The van der Waals surface area contributed by atoms with Crippen LogP contribution in [0.1, 0.15) is 24.2 Å². The summed E-state index contributed by atoms with van der Waals surface area (Å²) in [7, 11) is -3.29. The van der Waals surface area contributed by atoms with Gasteiger partial charge in [0.25, 0.3) is 0 Å². The Morgan fingerprint density at radius 1 is 1.28 bits per heavy atom. The number of sulfonamides is 1. The summed E-state index contributed by atoms with van der Waals surface area (Å²) < 4.78 is 54.3. The van der Waals surface area contributed by atoms with E-state index in [2.05, 4.69) is 14.7 Å². The van der Waals surface area contributed by atoms with Gasteiger partial charge in [-0.1, -0.05) is 6.07 Å². The lowest BCUT2D eigenvalue weighted by atomic mass is 10.1. The zero-order chi connectivity index (χ0) is 18.0. The molecule has 1 atom stereocenters. The molecule has 136 valence electrons. The van der Waals surface area contributed by atoms with Crippen molar-refractivity contribution in [2.24, 2.45) is 0 Å². The van der Waals surface area contributed by atoms with E-state index in [-0.39, 0.29) is 18.3 Å². The van der Waals surface area contributed by atoms with Crippen molar-refractivity contribution < 1.29 is 17.2 Å². The van der Waals surface area contributed by atoms with Crippen molar-refractivity contribution in [2.75, 3.05) is 18.8 Å². The third-order valence-corrected chi connectivity index (χ3v) is 5.63. The minimum Gasteiger partial charge on any atom is -0.291 e. The molecule has 1 unspecified atom stereocenters. The Bertz CT molecular complexity index is 854. The molecule has 0 saturated carbocycles. The molecule has 1 N–H and O–H groups in total. The van der Waals surface area contributed by atoms with Crippen molar-refractivity contribution in [1.82, 2.24) is 19.4 Å². The summed E-state index contributed by atoms with van der Waals surface area (Å²) in [5.41, 5.74) is 1.62. The van der Waals surface area contributed by atoms with Gasteiger partial charge in [0.2, 0.25) is 10.0 Å². The van der Waals surface area contributed by atoms with Crippen molar-refractivity contribution in [2.45, 2.75) is 26.1 Å². The van der Waals surface area contributed by atoms with Gasteiger partial charge < -0.3 is 0 Å². The molecule has 1 aromatic heterocycles. The first kappa shape index (κ1) is 18.0. The lowest BCUT2D eigenvalue weighted by molar-refractivity contribution is 0.168. The van der Waals surface area contributed by atoms with Gasteiger partial charge in [-0.25, -0.2) is 21.9 Å². The molecule has 6 nitrogen and oxygen atoms in total. The molecule has 0 fully saturated rings. The van der Waals surface area contributed by atoms with Gasteiger partial charge in [0, 0.05) is 32.4 Å².